The predicted molar refractivity (Wildman–Crippen MR) is 81.8 cm³/mol. The van der Waals surface area contributed by atoms with Gasteiger partial charge in [0.1, 0.15) is 10.8 Å². The van der Waals surface area contributed by atoms with Gasteiger partial charge in [0.25, 0.3) is 0 Å². The second-order valence-electron chi connectivity index (χ2n) is 5.39. The highest BCUT2D eigenvalue weighted by molar-refractivity contribution is 6.33. The number of benzene rings is 1. The normalized spacial score (nSPS) is 19.6. The van der Waals surface area contributed by atoms with Gasteiger partial charge in [-0.3, -0.25) is 4.90 Å². The molecule has 0 amide bonds. The van der Waals surface area contributed by atoms with Gasteiger partial charge in [0.05, 0.1) is 11.7 Å². The first-order valence-corrected chi connectivity index (χ1v) is 7.29. The molecule has 1 saturated heterocycles. The molecule has 0 aliphatic carbocycles. The Hall–Kier alpha value is -1.52. The number of aryl methyl sites for hydroxylation is 1. The molecule has 3 rings (SSSR count). The molecule has 5 heteroatoms. The van der Waals surface area contributed by atoms with Gasteiger partial charge in [0, 0.05) is 19.6 Å². The quantitative estimate of drug-likeness (QED) is 0.945. The van der Waals surface area contributed by atoms with Gasteiger partial charge in [-0.2, -0.15) is 5.10 Å². The molecule has 1 aliphatic rings. The van der Waals surface area contributed by atoms with Crippen LogP contribution in [0.15, 0.2) is 30.3 Å². The summed E-state index contributed by atoms with van der Waals surface area (Å²) in [6.45, 7) is 4.91. The van der Waals surface area contributed by atoms with Crippen molar-refractivity contribution in [3.63, 3.8) is 0 Å². The van der Waals surface area contributed by atoms with E-state index in [2.05, 4.69) is 34.3 Å². The van der Waals surface area contributed by atoms with Crippen LogP contribution in [0, 0.1) is 6.92 Å². The molecule has 0 bridgehead atoms. The first kappa shape index (κ1) is 13.5. The van der Waals surface area contributed by atoms with E-state index in [-0.39, 0.29) is 0 Å². The summed E-state index contributed by atoms with van der Waals surface area (Å²) in [5.74, 6) is 0.593. The van der Waals surface area contributed by atoms with Crippen molar-refractivity contribution in [3.05, 3.63) is 46.6 Å². The number of nitrogen functional groups attached to an aromatic ring is 1. The summed E-state index contributed by atoms with van der Waals surface area (Å²) in [7, 11) is 0. The molecule has 1 aliphatic heterocycles. The van der Waals surface area contributed by atoms with E-state index in [1.54, 1.807) is 0 Å². The summed E-state index contributed by atoms with van der Waals surface area (Å²) in [5, 5.41) is 5.06. The number of nitrogens with zero attached hydrogens (tertiary/aromatic N) is 3. The molecule has 2 N–H and O–H groups in total. The predicted octanol–water partition coefficient (Wildman–Crippen LogP) is 2.87. The summed E-state index contributed by atoms with van der Waals surface area (Å²) in [6.07, 6.45) is 1.06. The van der Waals surface area contributed by atoms with Crippen molar-refractivity contribution >= 4 is 17.4 Å². The average molecular weight is 291 g/mol. The van der Waals surface area contributed by atoms with Crippen molar-refractivity contribution < 1.29 is 0 Å². The summed E-state index contributed by atoms with van der Waals surface area (Å²) in [5.41, 5.74) is 8.19. The van der Waals surface area contributed by atoms with Crippen LogP contribution in [0.4, 0.5) is 5.82 Å². The van der Waals surface area contributed by atoms with Gasteiger partial charge in [-0.25, -0.2) is 4.68 Å². The van der Waals surface area contributed by atoms with E-state index in [0.29, 0.717) is 16.9 Å². The average Bonchev–Trinajstić information content (AvgIpc) is 3.01. The Kier molecular flexibility index (Phi) is 3.68. The zero-order valence-corrected chi connectivity index (χ0v) is 12.3. The number of hydrogen-bond acceptors (Lipinski definition) is 3. The highest BCUT2D eigenvalue weighted by atomic mass is 35.5. The van der Waals surface area contributed by atoms with Crippen LogP contribution in [0.3, 0.4) is 0 Å². The third kappa shape index (κ3) is 2.53. The van der Waals surface area contributed by atoms with Crippen molar-refractivity contribution in [1.29, 1.82) is 0 Å². The number of aromatic nitrogens is 2. The van der Waals surface area contributed by atoms with Crippen molar-refractivity contribution in [2.24, 2.45) is 0 Å². The lowest BCUT2D eigenvalue weighted by atomic mass is 10.2. The van der Waals surface area contributed by atoms with Crippen LogP contribution in [0.25, 0.3) is 0 Å². The number of halogens is 1. The highest BCUT2D eigenvalue weighted by Crippen LogP contribution is 2.30. The number of rotatable bonds is 3. The molecule has 106 valence electrons. The first-order valence-electron chi connectivity index (χ1n) is 6.91. The SMILES string of the molecule is Cc1nn(C2CCN(Cc3ccccc3)C2)c(N)c1Cl. The summed E-state index contributed by atoms with van der Waals surface area (Å²) in [4.78, 5) is 2.43. The molecule has 4 nitrogen and oxygen atoms in total. The summed E-state index contributed by atoms with van der Waals surface area (Å²) in [6, 6.07) is 10.9. The number of anilines is 1. The van der Waals surface area contributed by atoms with E-state index in [4.69, 9.17) is 17.3 Å². The van der Waals surface area contributed by atoms with Gasteiger partial charge < -0.3 is 5.73 Å². The van der Waals surface area contributed by atoms with Crippen LogP contribution >= 0.6 is 11.6 Å². The third-order valence-corrected chi connectivity index (χ3v) is 4.36. The molecular formula is C15H19ClN4. The Balaban J connectivity index is 1.69. The molecule has 2 heterocycles. The number of hydrogen-bond donors (Lipinski definition) is 1. The molecular weight excluding hydrogens is 272 g/mol. The van der Waals surface area contributed by atoms with E-state index in [1.807, 2.05) is 17.7 Å². The van der Waals surface area contributed by atoms with E-state index in [0.717, 1.165) is 31.7 Å². The number of likely N-dealkylation sites (tertiary alicyclic amines) is 1. The molecule has 1 aromatic carbocycles. The topological polar surface area (TPSA) is 47.1 Å². The van der Waals surface area contributed by atoms with Crippen molar-refractivity contribution in [1.82, 2.24) is 14.7 Å². The largest absolute Gasteiger partial charge is 0.383 e. The van der Waals surface area contributed by atoms with Crippen molar-refractivity contribution in [2.75, 3.05) is 18.8 Å². The van der Waals surface area contributed by atoms with Gasteiger partial charge in [-0.1, -0.05) is 41.9 Å². The smallest absolute Gasteiger partial charge is 0.141 e. The molecule has 1 fully saturated rings. The van der Waals surface area contributed by atoms with E-state index in [9.17, 15) is 0 Å². The minimum atomic E-state index is 0.324. The zero-order chi connectivity index (χ0) is 14.1. The molecule has 1 unspecified atom stereocenters. The van der Waals surface area contributed by atoms with Crippen molar-refractivity contribution in [2.45, 2.75) is 25.9 Å². The highest BCUT2D eigenvalue weighted by Gasteiger charge is 2.27. The van der Waals surface area contributed by atoms with Crippen LogP contribution in [-0.2, 0) is 6.54 Å². The van der Waals surface area contributed by atoms with Crippen molar-refractivity contribution in [3.8, 4) is 0 Å². The zero-order valence-electron chi connectivity index (χ0n) is 11.6. The van der Waals surface area contributed by atoms with E-state index in [1.165, 1.54) is 5.56 Å². The molecule has 0 spiro atoms. The Morgan fingerprint density at radius 3 is 2.75 bits per heavy atom. The minimum absolute atomic E-state index is 0.324. The summed E-state index contributed by atoms with van der Waals surface area (Å²) >= 11 is 6.12. The maximum atomic E-state index is 6.12. The monoisotopic (exact) mass is 290 g/mol. The Labute approximate surface area is 124 Å². The molecule has 0 saturated carbocycles. The lowest BCUT2D eigenvalue weighted by Gasteiger charge is -2.16. The second kappa shape index (κ2) is 5.46. The standard InChI is InChI=1S/C15H19ClN4/c1-11-14(16)15(17)20(18-11)13-7-8-19(10-13)9-12-5-3-2-4-6-12/h2-6,13H,7-10,17H2,1H3. The fourth-order valence-electron chi connectivity index (χ4n) is 2.82. The maximum Gasteiger partial charge on any atom is 0.141 e. The first-order chi connectivity index (χ1) is 9.65. The van der Waals surface area contributed by atoms with Crippen LogP contribution in [0.5, 0.6) is 0 Å². The molecule has 20 heavy (non-hydrogen) atoms. The molecule has 0 radical (unpaired) electrons. The van der Waals surface area contributed by atoms with Gasteiger partial charge in [0.2, 0.25) is 0 Å². The molecule has 2 aromatic rings. The van der Waals surface area contributed by atoms with E-state index >= 15 is 0 Å². The molecule has 1 aromatic heterocycles. The van der Waals surface area contributed by atoms with Crippen LogP contribution in [-0.4, -0.2) is 27.8 Å². The van der Waals surface area contributed by atoms with Gasteiger partial charge in [-0.05, 0) is 18.9 Å². The lowest BCUT2D eigenvalue weighted by Crippen LogP contribution is -2.22. The Bertz CT molecular complexity index is 593. The van der Waals surface area contributed by atoms with Gasteiger partial charge >= 0.3 is 0 Å². The van der Waals surface area contributed by atoms with Gasteiger partial charge in [-0.15, -0.1) is 0 Å². The summed E-state index contributed by atoms with van der Waals surface area (Å²) < 4.78 is 1.89. The fourth-order valence-corrected chi connectivity index (χ4v) is 2.95. The molecule has 1 atom stereocenters. The lowest BCUT2D eigenvalue weighted by molar-refractivity contribution is 0.312. The Morgan fingerprint density at radius 2 is 2.10 bits per heavy atom. The van der Waals surface area contributed by atoms with Crippen LogP contribution < -0.4 is 5.73 Å². The van der Waals surface area contributed by atoms with Crippen LogP contribution in [0.1, 0.15) is 23.7 Å². The minimum Gasteiger partial charge on any atom is -0.383 e. The van der Waals surface area contributed by atoms with E-state index < -0.39 is 0 Å². The fraction of sp³-hybridized carbons (Fsp3) is 0.400. The maximum absolute atomic E-state index is 6.12. The van der Waals surface area contributed by atoms with Crippen LogP contribution in [0.2, 0.25) is 5.02 Å². The van der Waals surface area contributed by atoms with Gasteiger partial charge in [0.15, 0.2) is 0 Å². The third-order valence-electron chi connectivity index (χ3n) is 3.89. The number of nitrogens with two attached hydrogens (primary N) is 1. The second-order valence-corrected chi connectivity index (χ2v) is 5.77. The Morgan fingerprint density at radius 1 is 1.35 bits per heavy atom.